The summed E-state index contributed by atoms with van der Waals surface area (Å²) in [7, 11) is -3.73. The molecule has 1 aromatic carbocycles. The fraction of sp³-hybridized carbons (Fsp3) is 0.550. The highest BCUT2D eigenvalue weighted by molar-refractivity contribution is 7.89. The van der Waals surface area contributed by atoms with Gasteiger partial charge < -0.3 is 10.1 Å². The van der Waals surface area contributed by atoms with Gasteiger partial charge in [0.1, 0.15) is 5.54 Å². The molecule has 2 N–H and O–H groups in total. The highest BCUT2D eigenvalue weighted by Crippen LogP contribution is 2.28. The Balaban J connectivity index is 1.74. The zero-order valence-electron chi connectivity index (χ0n) is 16.7. The number of carbonyl (C=O) groups excluding carboxylic acids is 2. The molecule has 0 radical (unpaired) electrons. The summed E-state index contributed by atoms with van der Waals surface area (Å²) in [5.74, 6) is -0.938. The van der Waals surface area contributed by atoms with Gasteiger partial charge in [-0.05, 0) is 49.3 Å². The van der Waals surface area contributed by atoms with Gasteiger partial charge in [0.25, 0.3) is 5.91 Å². The molecule has 0 unspecified atom stereocenters. The zero-order chi connectivity index (χ0) is 21.5. The number of amides is 1. The number of carbonyl (C=O) groups is 2. The minimum absolute atomic E-state index is 0.119. The average Bonchev–Trinajstić information content (AvgIpc) is 3.15. The van der Waals surface area contributed by atoms with Crippen molar-refractivity contribution in [2.45, 2.75) is 62.3 Å². The number of nitriles is 1. The number of nitrogens with zero attached hydrogens (tertiary/aromatic N) is 1. The van der Waals surface area contributed by atoms with Crippen LogP contribution >= 0.6 is 0 Å². The van der Waals surface area contributed by atoms with Gasteiger partial charge in [0.05, 0.1) is 17.4 Å². The first-order valence-electron chi connectivity index (χ1n) is 9.65. The second-order valence-corrected chi connectivity index (χ2v) is 9.25. The Morgan fingerprint density at radius 3 is 2.38 bits per heavy atom. The van der Waals surface area contributed by atoms with Crippen LogP contribution in [-0.4, -0.2) is 39.0 Å². The van der Waals surface area contributed by atoms with Crippen LogP contribution in [-0.2, 0) is 24.3 Å². The second kappa shape index (κ2) is 9.85. The van der Waals surface area contributed by atoms with Crippen molar-refractivity contribution < 1.29 is 22.7 Å². The normalized spacial score (nSPS) is 15.7. The molecule has 1 aliphatic carbocycles. The van der Waals surface area contributed by atoms with E-state index < -0.39 is 34.0 Å². The molecule has 0 aromatic heterocycles. The Morgan fingerprint density at radius 1 is 1.21 bits per heavy atom. The van der Waals surface area contributed by atoms with Crippen LogP contribution < -0.4 is 10.0 Å². The highest BCUT2D eigenvalue weighted by Gasteiger charge is 2.35. The molecule has 0 spiro atoms. The molecule has 29 heavy (non-hydrogen) atoms. The predicted molar refractivity (Wildman–Crippen MR) is 106 cm³/mol. The van der Waals surface area contributed by atoms with Gasteiger partial charge >= 0.3 is 5.97 Å². The van der Waals surface area contributed by atoms with Crippen LogP contribution in [0.3, 0.4) is 0 Å². The summed E-state index contributed by atoms with van der Waals surface area (Å²) in [5.41, 5.74) is 0.158. The summed E-state index contributed by atoms with van der Waals surface area (Å²) in [6, 6.07) is 8.68. The second-order valence-electron chi connectivity index (χ2n) is 7.48. The summed E-state index contributed by atoms with van der Waals surface area (Å²) in [6.07, 6.45) is 2.70. The molecule has 1 saturated carbocycles. The molecule has 0 atom stereocenters. The lowest BCUT2D eigenvalue weighted by Crippen LogP contribution is -2.46. The summed E-state index contributed by atoms with van der Waals surface area (Å²) < 4.78 is 31.7. The maximum Gasteiger partial charge on any atom is 0.307 e. The van der Waals surface area contributed by atoms with Gasteiger partial charge in [0, 0.05) is 6.54 Å². The topological polar surface area (TPSA) is 125 Å². The molecule has 0 aliphatic heterocycles. The van der Waals surface area contributed by atoms with E-state index >= 15 is 0 Å². The Labute approximate surface area is 171 Å². The van der Waals surface area contributed by atoms with Crippen molar-refractivity contribution >= 4 is 21.9 Å². The molecule has 1 amide bonds. The Kier molecular flexibility index (Phi) is 7.76. The predicted octanol–water partition coefficient (Wildman–Crippen LogP) is 1.97. The van der Waals surface area contributed by atoms with E-state index in [1.165, 1.54) is 12.1 Å². The zero-order valence-corrected chi connectivity index (χ0v) is 17.5. The van der Waals surface area contributed by atoms with E-state index in [1.54, 1.807) is 12.1 Å². The summed E-state index contributed by atoms with van der Waals surface area (Å²) in [5, 5.41) is 11.9. The first kappa shape index (κ1) is 22.8. The van der Waals surface area contributed by atoms with Crippen molar-refractivity contribution in [1.82, 2.24) is 10.0 Å². The summed E-state index contributed by atoms with van der Waals surface area (Å²) in [4.78, 5) is 23.8. The molecule has 0 heterocycles. The number of nitrogens with one attached hydrogen (secondary N) is 2. The third-order valence-electron chi connectivity index (χ3n) is 4.89. The molecular weight excluding hydrogens is 394 g/mol. The SMILES string of the molecule is CC(C)c1ccc(S(=O)(=O)NCCC(=O)OCC(=O)NC2(C#N)CCCC2)cc1. The molecule has 2 rings (SSSR count). The van der Waals surface area contributed by atoms with E-state index in [1.807, 2.05) is 13.8 Å². The largest absolute Gasteiger partial charge is 0.456 e. The van der Waals surface area contributed by atoms with Crippen molar-refractivity contribution in [2.75, 3.05) is 13.2 Å². The van der Waals surface area contributed by atoms with Crippen LogP contribution in [0.5, 0.6) is 0 Å². The van der Waals surface area contributed by atoms with Crippen LogP contribution in [0, 0.1) is 11.3 Å². The fourth-order valence-electron chi connectivity index (χ4n) is 3.17. The number of ether oxygens (including phenoxy) is 1. The van der Waals surface area contributed by atoms with Crippen LogP contribution in [0.1, 0.15) is 57.4 Å². The Bertz CT molecular complexity index is 866. The molecule has 0 bridgehead atoms. The van der Waals surface area contributed by atoms with Gasteiger partial charge in [-0.25, -0.2) is 13.1 Å². The van der Waals surface area contributed by atoms with Crippen molar-refractivity contribution in [2.24, 2.45) is 0 Å². The first-order chi connectivity index (χ1) is 13.7. The average molecular weight is 422 g/mol. The van der Waals surface area contributed by atoms with E-state index in [2.05, 4.69) is 16.1 Å². The quantitative estimate of drug-likeness (QED) is 0.587. The first-order valence-corrected chi connectivity index (χ1v) is 11.1. The van der Waals surface area contributed by atoms with Crippen LogP contribution in [0.4, 0.5) is 0 Å². The van der Waals surface area contributed by atoms with Gasteiger partial charge in [-0.2, -0.15) is 5.26 Å². The minimum atomic E-state index is -3.73. The van der Waals surface area contributed by atoms with Gasteiger partial charge in [-0.3, -0.25) is 9.59 Å². The smallest absolute Gasteiger partial charge is 0.307 e. The Hall–Kier alpha value is -2.44. The lowest BCUT2D eigenvalue weighted by molar-refractivity contribution is -0.148. The van der Waals surface area contributed by atoms with Gasteiger partial charge in [-0.15, -0.1) is 0 Å². The fourth-order valence-corrected chi connectivity index (χ4v) is 4.20. The standard InChI is InChI=1S/C20H27N3O5S/c1-15(2)16-5-7-17(8-6-16)29(26,27)22-12-9-19(25)28-13-18(24)23-20(14-21)10-3-4-11-20/h5-8,15,22H,3-4,9-13H2,1-2H3,(H,23,24). The van der Waals surface area contributed by atoms with Crippen molar-refractivity contribution in [3.63, 3.8) is 0 Å². The summed E-state index contributed by atoms with van der Waals surface area (Å²) >= 11 is 0. The van der Waals surface area contributed by atoms with Crippen LogP contribution in [0.25, 0.3) is 0 Å². The molecule has 8 nitrogen and oxygen atoms in total. The molecule has 0 saturated heterocycles. The van der Waals surface area contributed by atoms with Gasteiger partial charge in [0.15, 0.2) is 6.61 Å². The van der Waals surface area contributed by atoms with E-state index in [4.69, 9.17) is 4.74 Å². The van der Waals surface area contributed by atoms with Crippen LogP contribution in [0.15, 0.2) is 29.2 Å². The number of benzene rings is 1. The van der Waals surface area contributed by atoms with E-state index in [9.17, 15) is 23.3 Å². The molecular formula is C20H27N3O5S. The minimum Gasteiger partial charge on any atom is -0.456 e. The number of hydrogen-bond acceptors (Lipinski definition) is 6. The maximum atomic E-state index is 12.3. The van der Waals surface area contributed by atoms with Gasteiger partial charge in [-0.1, -0.05) is 26.0 Å². The van der Waals surface area contributed by atoms with E-state index in [0.717, 1.165) is 18.4 Å². The molecule has 1 aromatic rings. The molecule has 158 valence electrons. The van der Waals surface area contributed by atoms with Crippen molar-refractivity contribution in [3.05, 3.63) is 29.8 Å². The summed E-state index contributed by atoms with van der Waals surface area (Å²) in [6.45, 7) is 3.39. The molecule has 9 heteroatoms. The lowest BCUT2D eigenvalue weighted by Gasteiger charge is -2.21. The third kappa shape index (κ3) is 6.54. The third-order valence-corrected chi connectivity index (χ3v) is 6.37. The van der Waals surface area contributed by atoms with Gasteiger partial charge in [0.2, 0.25) is 10.0 Å². The highest BCUT2D eigenvalue weighted by atomic mass is 32.2. The number of esters is 1. The molecule has 1 fully saturated rings. The van der Waals surface area contributed by atoms with Crippen molar-refractivity contribution in [3.8, 4) is 6.07 Å². The van der Waals surface area contributed by atoms with E-state index in [0.29, 0.717) is 18.8 Å². The van der Waals surface area contributed by atoms with Crippen molar-refractivity contribution in [1.29, 1.82) is 5.26 Å². The lowest BCUT2D eigenvalue weighted by atomic mass is 10.00. The number of sulfonamides is 1. The monoisotopic (exact) mass is 421 g/mol. The Morgan fingerprint density at radius 2 is 1.83 bits per heavy atom. The number of hydrogen-bond donors (Lipinski definition) is 2. The molecule has 1 aliphatic rings. The van der Waals surface area contributed by atoms with Crippen LogP contribution in [0.2, 0.25) is 0 Å². The number of rotatable bonds is 9. The maximum absolute atomic E-state index is 12.3. The van der Waals surface area contributed by atoms with E-state index in [-0.39, 0.29) is 17.9 Å².